The lowest BCUT2D eigenvalue weighted by Gasteiger charge is -2.16. The van der Waals surface area contributed by atoms with Gasteiger partial charge in [-0.1, -0.05) is 53.4 Å². The fourth-order valence-corrected chi connectivity index (χ4v) is 4.41. The smallest absolute Gasteiger partial charge is 0.233 e. The van der Waals surface area contributed by atoms with Crippen molar-refractivity contribution in [1.82, 2.24) is 15.1 Å². The number of benzene rings is 2. The summed E-state index contributed by atoms with van der Waals surface area (Å²) in [7, 11) is 1.83. The van der Waals surface area contributed by atoms with Crippen molar-refractivity contribution in [3.63, 3.8) is 0 Å². The van der Waals surface area contributed by atoms with Crippen molar-refractivity contribution in [2.45, 2.75) is 15.8 Å². The van der Waals surface area contributed by atoms with Crippen LogP contribution in [-0.4, -0.2) is 40.1 Å². The number of anilines is 2. The van der Waals surface area contributed by atoms with Crippen molar-refractivity contribution in [2.75, 3.05) is 24.4 Å². The summed E-state index contributed by atoms with van der Waals surface area (Å²) in [6, 6.07) is 18.1. The molecule has 0 bridgehead atoms. The Hall–Kier alpha value is -2.03. The highest BCUT2D eigenvalue weighted by atomic mass is 32.2. The zero-order chi connectivity index (χ0) is 19.1. The number of nitrogens with zero attached hydrogens (tertiary/aromatic N) is 3. The van der Waals surface area contributed by atoms with Gasteiger partial charge in [0.25, 0.3) is 0 Å². The van der Waals surface area contributed by atoms with Gasteiger partial charge in [-0.25, -0.2) is 0 Å². The first kappa shape index (κ1) is 19.7. The van der Waals surface area contributed by atoms with E-state index >= 15 is 0 Å². The molecule has 1 N–H and O–H groups in total. The molecule has 8 heteroatoms. The Bertz CT molecular complexity index is 868. The average molecular weight is 417 g/mol. The van der Waals surface area contributed by atoms with Crippen molar-refractivity contribution in [1.29, 1.82) is 0 Å². The predicted octanol–water partition coefficient (Wildman–Crippen LogP) is 4.75. The van der Waals surface area contributed by atoms with Crippen molar-refractivity contribution < 1.29 is 4.79 Å². The molecular formula is C19H20N4OS3. The SMILES string of the molecule is CSc1ccc(CN(C)C(=O)CSc2nnc(Nc3ccccc3)s2)cc1. The highest BCUT2D eigenvalue weighted by molar-refractivity contribution is 8.01. The van der Waals surface area contributed by atoms with Crippen molar-refractivity contribution in [3.05, 3.63) is 60.2 Å². The van der Waals surface area contributed by atoms with Crippen LogP contribution in [0.25, 0.3) is 0 Å². The summed E-state index contributed by atoms with van der Waals surface area (Å²) in [5.74, 6) is 0.418. The van der Waals surface area contributed by atoms with Crippen LogP contribution in [0.15, 0.2) is 63.8 Å². The van der Waals surface area contributed by atoms with E-state index in [2.05, 4.69) is 46.0 Å². The fraction of sp³-hybridized carbons (Fsp3) is 0.211. The standard InChI is InChI=1S/C19H20N4OS3/c1-23(12-14-8-10-16(25-2)11-9-14)17(24)13-26-19-22-21-18(27-19)20-15-6-4-3-5-7-15/h3-11H,12-13H2,1-2H3,(H,20,21). The van der Waals surface area contributed by atoms with Crippen LogP contribution < -0.4 is 5.32 Å². The molecule has 27 heavy (non-hydrogen) atoms. The zero-order valence-electron chi connectivity index (χ0n) is 15.1. The topological polar surface area (TPSA) is 58.1 Å². The summed E-state index contributed by atoms with van der Waals surface area (Å²) in [5, 5.41) is 12.2. The second-order valence-electron chi connectivity index (χ2n) is 5.75. The molecule has 1 heterocycles. The Morgan fingerprint density at radius 2 is 1.85 bits per heavy atom. The van der Waals surface area contributed by atoms with E-state index in [1.807, 2.05) is 37.4 Å². The highest BCUT2D eigenvalue weighted by Gasteiger charge is 2.12. The third-order valence-corrected chi connectivity index (χ3v) is 6.46. The summed E-state index contributed by atoms with van der Waals surface area (Å²) in [6.07, 6.45) is 2.05. The number of hydrogen-bond acceptors (Lipinski definition) is 7. The van der Waals surface area contributed by atoms with Crippen LogP contribution in [0.5, 0.6) is 0 Å². The number of aromatic nitrogens is 2. The second-order valence-corrected chi connectivity index (χ2v) is 8.83. The van der Waals surface area contributed by atoms with Gasteiger partial charge in [0.05, 0.1) is 5.75 Å². The van der Waals surface area contributed by atoms with Gasteiger partial charge in [-0.2, -0.15) is 0 Å². The monoisotopic (exact) mass is 416 g/mol. The molecule has 0 saturated heterocycles. The number of thioether (sulfide) groups is 2. The first-order chi connectivity index (χ1) is 13.1. The summed E-state index contributed by atoms with van der Waals surface area (Å²) < 4.78 is 0.777. The largest absolute Gasteiger partial charge is 0.341 e. The molecule has 0 saturated carbocycles. The van der Waals surface area contributed by atoms with Crippen LogP contribution in [0, 0.1) is 0 Å². The van der Waals surface area contributed by atoms with Gasteiger partial charge in [0.1, 0.15) is 0 Å². The Balaban J connectivity index is 1.48. The molecule has 3 aromatic rings. The van der Waals surface area contributed by atoms with E-state index in [4.69, 9.17) is 0 Å². The van der Waals surface area contributed by atoms with Crippen LogP contribution in [0.1, 0.15) is 5.56 Å². The predicted molar refractivity (Wildman–Crippen MR) is 115 cm³/mol. The van der Waals surface area contributed by atoms with Crippen LogP contribution in [-0.2, 0) is 11.3 Å². The lowest BCUT2D eigenvalue weighted by atomic mass is 10.2. The van der Waals surface area contributed by atoms with Crippen LogP contribution in [0.3, 0.4) is 0 Å². The van der Waals surface area contributed by atoms with E-state index in [1.54, 1.807) is 16.7 Å². The molecule has 0 aliphatic heterocycles. The van der Waals surface area contributed by atoms with Crippen molar-refractivity contribution in [2.24, 2.45) is 0 Å². The molecular weight excluding hydrogens is 396 g/mol. The van der Waals surface area contributed by atoms with Gasteiger partial charge in [0, 0.05) is 24.2 Å². The number of carbonyl (C=O) groups excluding carboxylic acids is 1. The zero-order valence-corrected chi connectivity index (χ0v) is 17.5. The number of nitrogens with one attached hydrogen (secondary N) is 1. The lowest BCUT2D eigenvalue weighted by Crippen LogP contribution is -2.27. The number of amides is 1. The molecule has 5 nitrogen and oxygen atoms in total. The third-order valence-electron chi connectivity index (χ3n) is 3.76. The van der Waals surface area contributed by atoms with E-state index < -0.39 is 0 Å². The Morgan fingerprint density at radius 3 is 2.56 bits per heavy atom. The van der Waals surface area contributed by atoms with Gasteiger partial charge in [0.15, 0.2) is 4.34 Å². The van der Waals surface area contributed by atoms with E-state index in [0.717, 1.165) is 20.7 Å². The molecule has 2 aromatic carbocycles. The first-order valence-corrected chi connectivity index (χ1v) is 11.3. The molecule has 140 valence electrons. The quantitative estimate of drug-likeness (QED) is 0.535. The van der Waals surface area contributed by atoms with Crippen molar-refractivity contribution in [3.8, 4) is 0 Å². The number of rotatable bonds is 8. The normalized spacial score (nSPS) is 10.6. The maximum absolute atomic E-state index is 12.4. The van der Waals surface area contributed by atoms with Crippen LogP contribution in [0.4, 0.5) is 10.8 Å². The minimum Gasteiger partial charge on any atom is -0.341 e. The molecule has 1 aromatic heterocycles. The van der Waals surface area contributed by atoms with Gasteiger partial charge < -0.3 is 10.2 Å². The van der Waals surface area contributed by atoms with Gasteiger partial charge in [-0.05, 0) is 36.1 Å². The second kappa shape index (κ2) is 9.77. The average Bonchev–Trinajstić information content (AvgIpc) is 3.14. The molecule has 1 amide bonds. The molecule has 0 unspecified atom stereocenters. The number of hydrogen-bond donors (Lipinski definition) is 1. The van der Waals surface area contributed by atoms with Gasteiger partial charge >= 0.3 is 0 Å². The fourth-order valence-electron chi connectivity index (χ4n) is 2.29. The Labute approximate surface area is 171 Å². The summed E-state index contributed by atoms with van der Waals surface area (Å²) in [4.78, 5) is 15.3. The van der Waals surface area contributed by atoms with Crippen molar-refractivity contribution >= 4 is 51.6 Å². The van der Waals surface area contributed by atoms with E-state index in [-0.39, 0.29) is 5.91 Å². The number of para-hydroxylation sites is 1. The third kappa shape index (κ3) is 5.98. The molecule has 0 radical (unpaired) electrons. The molecule has 0 atom stereocenters. The molecule has 0 fully saturated rings. The Morgan fingerprint density at radius 1 is 1.11 bits per heavy atom. The van der Waals surface area contributed by atoms with Gasteiger partial charge in [-0.3, -0.25) is 4.79 Å². The van der Waals surface area contributed by atoms with E-state index in [1.165, 1.54) is 28.0 Å². The molecule has 0 aliphatic carbocycles. The molecule has 3 rings (SSSR count). The number of carbonyl (C=O) groups is 1. The molecule has 0 spiro atoms. The van der Waals surface area contributed by atoms with E-state index in [0.29, 0.717) is 12.3 Å². The Kier molecular flexibility index (Phi) is 7.14. The minimum atomic E-state index is 0.0710. The lowest BCUT2D eigenvalue weighted by molar-refractivity contribution is -0.127. The van der Waals surface area contributed by atoms with E-state index in [9.17, 15) is 4.79 Å². The summed E-state index contributed by atoms with van der Waals surface area (Å²) >= 11 is 4.57. The van der Waals surface area contributed by atoms with Gasteiger partial charge in [0.2, 0.25) is 11.0 Å². The van der Waals surface area contributed by atoms with Crippen LogP contribution in [0.2, 0.25) is 0 Å². The maximum atomic E-state index is 12.4. The molecule has 0 aliphatic rings. The highest BCUT2D eigenvalue weighted by Crippen LogP contribution is 2.27. The van der Waals surface area contributed by atoms with Crippen LogP contribution >= 0.6 is 34.9 Å². The minimum absolute atomic E-state index is 0.0710. The summed E-state index contributed by atoms with van der Waals surface area (Å²) in [5.41, 5.74) is 2.09. The maximum Gasteiger partial charge on any atom is 0.233 e. The summed E-state index contributed by atoms with van der Waals surface area (Å²) in [6.45, 7) is 0.602. The van der Waals surface area contributed by atoms with Gasteiger partial charge in [-0.15, -0.1) is 22.0 Å². The first-order valence-electron chi connectivity index (χ1n) is 8.29.